The molecule has 1 aromatic carbocycles. The van der Waals surface area contributed by atoms with Gasteiger partial charge in [0.1, 0.15) is 9.84 Å². The third kappa shape index (κ3) is 3.01. The molecule has 1 aromatic heterocycles. The molecule has 2 aromatic rings. The predicted octanol–water partition coefficient (Wildman–Crippen LogP) is 2.33. The van der Waals surface area contributed by atoms with Crippen LogP contribution in [0.2, 0.25) is 0 Å². The van der Waals surface area contributed by atoms with Crippen LogP contribution in [0.1, 0.15) is 12.8 Å². The van der Waals surface area contributed by atoms with Crippen molar-refractivity contribution in [1.82, 2.24) is 4.98 Å². The Morgan fingerprint density at radius 3 is 2.75 bits per heavy atom. The lowest BCUT2D eigenvalue weighted by Gasteiger charge is -2.24. The SMILES string of the molecule is O=S1(=O)CCC(Nc2cccc(-c3cnco3)c2)CC1. The molecule has 1 saturated heterocycles. The number of hydrogen-bond acceptors (Lipinski definition) is 5. The minimum atomic E-state index is -2.81. The zero-order chi connectivity index (χ0) is 14.0. The number of rotatable bonds is 3. The minimum absolute atomic E-state index is 0.212. The van der Waals surface area contributed by atoms with E-state index in [9.17, 15) is 8.42 Å². The lowest BCUT2D eigenvalue weighted by Crippen LogP contribution is -2.32. The fraction of sp³-hybridized carbons (Fsp3) is 0.357. The number of hydrogen-bond donors (Lipinski definition) is 1. The zero-order valence-corrected chi connectivity index (χ0v) is 11.8. The normalized spacial score (nSPS) is 18.8. The van der Waals surface area contributed by atoms with Crippen molar-refractivity contribution in [3.8, 4) is 11.3 Å². The number of benzene rings is 1. The van der Waals surface area contributed by atoms with E-state index in [4.69, 9.17) is 4.42 Å². The largest absolute Gasteiger partial charge is 0.444 e. The van der Waals surface area contributed by atoms with Crippen LogP contribution >= 0.6 is 0 Å². The molecular weight excluding hydrogens is 276 g/mol. The fourth-order valence-corrected chi connectivity index (χ4v) is 3.88. The Balaban J connectivity index is 1.71. The van der Waals surface area contributed by atoms with Crippen molar-refractivity contribution in [3.05, 3.63) is 36.9 Å². The maximum atomic E-state index is 11.4. The highest BCUT2D eigenvalue weighted by atomic mass is 32.2. The van der Waals surface area contributed by atoms with Crippen LogP contribution in [-0.4, -0.2) is 30.9 Å². The zero-order valence-electron chi connectivity index (χ0n) is 11.0. The Morgan fingerprint density at radius 2 is 2.05 bits per heavy atom. The van der Waals surface area contributed by atoms with E-state index in [1.165, 1.54) is 6.39 Å². The molecule has 3 rings (SSSR count). The molecule has 1 fully saturated rings. The van der Waals surface area contributed by atoms with Crippen molar-refractivity contribution >= 4 is 15.5 Å². The Hall–Kier alpha value is -1.82. The van der Waals surface area contributed by atoms with Crippen molar-refractivity contribution in [1.29, 1.82) is 0 Å². The first-order valence-corrected chi connectivity index (χ1v) is 8.40. The molecule has 0 spiro atoms. The van der Waals surface area contributed by atoms with Crippen LogP contribution in [0.15, 0.2) is 41.3 Å². The van der Waals surface area contributed by atoms with Gasteiger partial charge in [0.15, 0.2) is 12.2 Å². The van der Waals surface area contributed by atoms with E-state index < -0.39 is 9.84 Å². The Labute approximate surface area is 117 Å². The number of anilines is 1. The summed E-state index contributed by atoms with van der Waals surface area (Å²) < 4.78 is 28.1. The van der Waals surface area contributed by atoms with E-state index >= 15 is 0 Å². The van der Waals surface area contributed by atoms with E-state index in [0.29, 0.717) is 12.8 Å². The second-order valence-electron chi connectivity index (χ2n) is 5.02. The molecule has 6 heteroatoms. The first kappa shape index (κ1) is 13.2. The average Bonchev–Trinajstić information content (AvgIpc) is 2.96. The van der Waals surface area contributed by atoms with Crippen LogP contribution < -0.4 is 5.32 Å². The van der Waals surface area contributed by atoms with Gasteiger partial charge >= 0.3 is 0 Å². The number of oxazole rings is 1. The summed E-state index contributed by atoms with van der Waals surface area (Å²) in [6, 6.07) is 8.08. The molecule has 106 valence electrons. The van der Waals surface area contributed by atoms with Crippen LogP contribution in [0.3, 0.4) is 0 Å². The molecule has 5 nitrogen and oxygen atoms in total. The van der Waals surface area contributed by atoms with E-state index in [2.05, 4.69) is 10.3 Å². The summed E-state index contributed by atoms with van der Waals surface area (Å²) in [6.07, 6.45) is 4.40. The summed E-state index contributed by atoms with van der Waals surface area (Å²) in [5, 5.41) is 3.39. The molecule has 0 radical (unpaired) electrons. The Bertz CT molecular complexity index is 666. The van der Waals surface area contributed by atoms with E-state index in [-0.39, 0.29) is 17.5 Å². The number of aromatic nitrogens is 1. The number of nitrogens with one attached hydrogen (secondary N) is 1. The smallest absolute Gasteiger partial charge is 0.181 e. The molecule has 0 aliphatic carbocycles. The summed E-state index contributed by atoms with van der Waals surface area (Å²) in [6.45, 7) is 0. The molecule has 2 heterocycles. The molecule has 0 atom stereocenters. The van der Waals surface area contributed by atoms with Crippen LogP contribution in [0, 0.1) is 0 Å². The van der Waals surface area contributed by atoms with Gasteiger partial charge in [-0.3, -0.25) is 0 Å². The first-order valence-electron chi connectivity index (χ1n) is 6.58. The van der Waals surface area contributed by atoms with E-state index in [0.717, 1.165) is 17.0 Å². The van der Waals surface area contributed by atoms with Crippen LogP contribution in [0.4, 0.5) is 5.69 Å². The maximum absolute atomic E-state index is 11.4. The van der Waals surface area contributed by atoms with Crippen molar-refractivity contribution in [2.24, 2.45) is 0 Å². The summed E-state index contributed by atoms with van der Waals surface area (Å²) >= 11 is 0. The minimum Gasteiger partial charge on any atom is -0.444 e. The molecule has 0 unspecified atom stereocenters. The van der Waals surface area contributed by atoms with E-state index in [1.54, 1.807) is 6.20 Å². The van der Waals surface area contributed by atoms with Gasteiger partial charge in [-0.2, -0.15) is 0 Å². The highest BCUT2D eigenvalue weighted by molar-refractivity contribution is 7.91. The van der Waals surface area contributed by atoms with Gasteiger partial charge in [0.05, 0.1) is 17.7 Å². The van der Waals surface area contributed by atoms with Gasteiger partial charge in [-0.25, -0.2) is 13.4 Å². The van der Waals surface area contributed by atoms with Crippen molar-refractivity contribution < 1.29 is 12.8 Å². The monoisotopic (exact) mass is 292 g/mol. The van der Waals surface area contributed by atoms with Crippen LogP contribution in [0.5, 0.6) is 0 Å². The summed E-state index contributed by atoms with van der Waals surface area (Å²) in [5.41, 5.74) is 1.93. The van der Waals surface area contributed by atoms with Gasteiger partial charge in [-0.05, 0) is 25.0 Å². The molecule has 1 aliphatic rings. The van der Waals surface area contributed by atoms with Gasteiger partial charge in [0.2, 0.25) is 0 Å². The third-order valence-electron chi connectivity index (χ3n) is 3.50. The summed E-state index contributed by atoms with van der Waals surface area (Å²) in [7, 11) is -2.81. The fourth-order valence-electron chi connectivity index (χ4n) is 2.39. The topological polar surface area (TPSA) is 72.2 Å². The van der Waals surface area contributed by atoms with Crippen molar-refractivity contribution in [3.63, 3.8) is 0 Å². The molecule has 1 N–H and O–H groups in total. The van der Waals surface area contributed by atoms with Gasteiger partial charge in [0, 0.05) is 17.3 Å². The second-order valence-corrected chi connectivity index (χ2v) is 7.32. The van der Waals surface area contributed by atoms with E-state index in [1.807, 2.05) is 24.3 Å². The number of sulfone groups is 1. The van der Waals surface area contributed by atoms with Crippen LogP contribution in [0.25, 0.3) is 11.3 Å². The van der Waals surface area contributed by atoms with Gasteiger partial charge in [-0.1, -0.05) is 12.1 Å². The molecule has 20 heavy (non-hydrogen) atoms. The quantitative estimate of drug-likeness (QED) is 0.940. The highest BCUT2D eigenvalue weighted by Gasteiger charge is 2.23. The molecule has 0 amide bonds. The lowest BCUT2D eigenvalue weighted by molar-refractivity contribution is 0.559. The number of nitrogens with zero attached hydrogens (tertiary/aromatic N) is 1. The molecular formula is C14H16N2O3S. The van der Waals surface area contributed by atoms with Crippen molar-refractivity contribution in [2.75, 3.05) is 16.8 Å². The van der Waals surface area contributed by atoms with Gasteiger partial charge in [0.25, 0.3) is 0 Å². The lowest BCUT2D eigenvalue weighted by atomic mass is 10.1. The van der Waals surface area contributed by atoms with Gasteiger partial charge < -0.3 is 9.73 Å². The highest BCUT2D eigenvalue weighted by Crippen LogP contribution is 2.24. The second kappa shape index (κ2) is 5.28. The Morgan fingerprint density at radius 1 is 1.25 bits per heavy atom. The standard InChI is InChI=1S/C14H16N2O3S/c17-20(18)6-4-12(5-7-20)16-13-3-1-2-11(8-13)14-9-15-10-19-14/h1-3,8-10,12,16H,4-7H2. The molecule has 0 saturated carbocycles. The molecule has 0 bridgehead atoms. The summed E-state index contributed by atoms with van der Waals surface area (Å²) in [5.74, 6) is 1.26. The Kier molecular flexibility index (Phi) is 3.48. The maximum Gasteiger partial charge on any atom is 0.181 e. The van der Waals surface area contributed by atoms with Crippen LogP contribution in [-0.2, 0) is 9.84 Å². The summed E-state index contributed by atoms with van der Waals surface area (Å²) in [4.78, 5) is 3.91. The average molecular weight is 292 g/mol. The third-order valence-corrected chi connectivity index (χ3v) is 5.22. The van der Waals surface area contributed by atoms with Crippen molar-refractivity contribution in [2.45, 2.75) is 18.9 Å². The predicted molar refractivity (Wildman–Crippen MR) is 77.2 cm³/mol. The first-order chi connectivity index (χ1) is 9.62. The van der Waals surface area contributed by atoms with Gasteiger partial charge in [-0.15, -0.1) is 0 Å². The molecule has 1 aliphatic heterocycles.